The van der Waals surface area contributed by atoms with Crippen molar-refractivity contribution in [1.82, 2.24) is 18.8 Å². The Bertz CT molecular complexity index is 1080. The highest BCUT2D eigenvalue weighted by Crippen LogP contribution is 2.32. The number of aryl methyl sites for hydroxylation is 1. The minimum atomic E-state index is -3.96. The smallest absolute Gasteiger partial charge is 0.243 e. The van der Waals surface area contributed by atoms with E-state index in [2.05, 4.69) is 9.97 Å². The number of sulfonamides is 1. The van der Waals surface area contributed by atoms with E-state index in [1.165, 1.54) is 4.31 Å². The Morgan fingerprint density at radius 2 is 1.92 bits per heavy atom. The van der Waals surface area contributed by atoms with Gasteiger partial charge in [0.1, 0.15) is 17.5 Å². The SMILES string of the molecule is Cn1c(C2CCN(S(=O)(=O)c3cc(F)cc(F)c3)C2)nc2ccncc21. The molecule has 1 aromatic carbocycles. The summed E-state index contributed by atoms with van der Waals surface area (Å²) in [5, 5.41) is 0. The molecular formula is C17H16F2N4O2S. The molecule has 4 rings (SSSR count). The molecule has 1 saturated heterocycles. The number of hydrogen-bond acceptors (Lipinski definition) is 4. The fourth-order valence-corrected chi connectivity index (χ4v) is 4.95. The lowest BCUT2D eigenvalue weighted by Gasteiger charge is -2.17. The van der Waals surface area contributed by atoms with E-state index in [1.54, 1.807) is 18.5 Å². The van der Waals surface area contributed by atoms with Gasteiger partial charge in [0.2, 0.25) is 10.0 Å². The first kappa shape index (κ1) is 17.0. The number of hydrogen-bond donors (Lipinski definition) is 0. The average Bonchev–Trinajstić information content (AvgIpc) is 3.20. The summed E-state index contributed by atoms with van der Waals surface area (Å²) in [5.74, 6) is -1.15. The van der Waals surface area contributed by atoms with E-state index in [4.69, 9.17) is 0 Å². The van der Waals surface area contributed by atoms with Gasteiger partial charge in [0, 0.05) is 38.3 Å². The molecule has 0 saturated carbocycles. The summed E-state index contributed by atoms with van der Waals surface area (Å²) in [5.41, 5.74) is 1.67. The molecule has 0 spiro atoms. The van der Waals surface area contributed by atoms with Crippen LogP contribution in [0.2, 0.25) is 0 Å². The van der Waals surface area contributed by atoms with E-state index in [0.717, 1.165) is 29.0 Å². The van der Waals surface area contributed by atoms with Crippen LogP contribution in [0.5, 0.6) is 0 Å². The fourth-order valence-electron chi connectivity index (χ4n) is 3.40. The molecule has 1 fully saturated rings. The van der Waals surface area contributed by atoms with E-state index in [-0.39, 0.29) is 23.9 Å². The molecule has 6 nitrogen and oxygen atoms in total. The highest BCUT2D eigenvalue weighted by atomic mass is 32.2. The van der Waals surface area contributed by atoms with Crippen molar-refractivity contribution in [3.05, 3.63) is 54.1 Å². The van der Waals surface area contributed by atoms with E-state index >= 15 is 0 Å². The second-order valence-electron chi connectivity index (χ2n) is 6.35. The van der Waals surface area contributed by atoms with Crippen molar-refractivity contribution >= 4 is 21.1 Å². The van der Waals surface area contributed by atoms with Crippen LogP contribution < -0.4 is 0 Å². The van der Waals surface area contributed by atoms with Gasteiger partial charge >= 0.3 is 0 Å². The third kappa shape index (κ3) is 2.77. The summed E-state index contributed by atoms with van der Waals surface area (Å²) >= 11 is 0. The predicted octanol–water partition coefficient (Wildman–Crippen LogP) is 2.42. The Morgan fingerprint density at radius 3 is 2.62 bits per heavy atom. The summed E-state index contributed by atoms with van der Waals surface area (Å²) in [7, 11) is -2.10. The monoisotopic (exact) mass is 378 g/mol. The number of rotatable bonds is 3. The van der Waals surface area contributed by atoms with Gasteiger partial charge in [-0.1, -0.05) is 0 Å². The van der Waals surface area contributed by atoms with Gasteiger partial charge in [-0.15, -0.1) is 0 Å². The molecule has 0 bridgehead atoms. The summed E-state index contributed by atoms with van der Waals surface area (Å²) in [6.07, 6.45) is 3.95. The number of nitrogens with zero attached hydrogens (tertiary/aromatic N) is 4. The third-order valence-electron chi connectivity index (χ3n) is 4.71. The van der Waals surface area contributed by atoms with Crippen LogP contribution in [0.15, 0.2) is 41.6 Å². The number of fused-ring (bicyclic) bond motifs is 1. The van der Waals surface area contributed by atoms with Crippen molar-refractivity contribution in [1.29, 1.82) is 0 Å². The van der Waals surface area contributed by atoms with Crippen molar-refractivity contribution in [3.8, 4) is 0 Å². The van der Waals surface area contributed by atoms with Crippen molar-refractivity contribution < 1.29 is 17.2 Å². The molecule has 0 N–H and O–H groups in total. The van der Waals surface area contributed by atoms with E-state index in [0.29, 0.717) is 12.5 Å². The maximum absolute atomic E-state index is 13.4. The quantitative estimate of drug-likeness (QED) is 0.702. The lowest BCUT2D eigenvalue weighted by molar-refractivity contribution is 0.468. The number of halogens is 2. The van der Waals surface area contributed by atoms with Crippen LogP contribution in [0.1, 0.15) is 18.2 Å². The molecule has 1 aliphatic rings. The Kier molecular flexibility index (Phi) is 4.00. The maximum Gasteiger partial charge on any atom is 0.243 e. The Hall–Kier alpha value is -2.39. The van der Waals surface area contributed by atoms with Crippen LogP contribution >= 0.6 is 0 Å². The van der Waals surface area contributed by atoms with Crippen LogP contribution in [0.3, 0.4) is 0 Å². The molecule has 1 atom stereocenters. The largest absolute Gasteiger partial charge is 0.330 e. The van der Waals surface area contributed by atoms with Crippen LogP contribution in [-0.2, 0) is 17.1 Å². The zero-order chi connectivity index (χ0) is 18.5. The van der Waals surface area contributed by atoms with Gasteiger partial charge < -0.3 is 4.57 Å². The molecule has 0 aliphatic carbocycles. The van der Waals surface area contributed by atoms with Gasteiger partial charge in [0.25, 0.3) is 0 Å². The molecular weight excluding hydrogens is 362 g/mol. The Labute approximate surface area is 149 Å². The molecule has 1 aliphatic heterocycles. The van der Waals surface area contributed by atoms with Gasteiger partial charge in [-0.25, -0.2) is 22.2 Å². The molecule has 9 heteroatoms. The van der Waals surface area contributed by atoms with Gasteiger partial charge in [0.15, 0.2) is 0 Å². The summed E-state index contributed by atoms with van der Waals surface area (Å²) in [6.45, 7) is 0.484. The number of benzene rings is 1. The second-order valence-corrected chi connectivity index (χ2v) is 8.29. The molecule has 1 unspecified atom stereocenters. The van der Waals surface area contributed by atoms with Crippen LogP contribution in [-0.4, -0.2) is 40.3 Å². The standard InChI is InChI=1S/C17H16F2N4O2S/c1-22-16-9-20-4-2-15(16)21-17(22)11-3-5-23(10-11)26(24,25)14-7-12(18)6-13(19)8-14/h2,4,6-9,11H,3,5,10H2,1H3. The van der Waals surface area contributed by atoms with Crippen molar-refractivity contribution in [2.75, 3.05) is 13.1 Å². The van der Waals surface area contributed by atoms with Crippen molar-refractivity contribution in [2.45, 2.75) is 17.2 Å². The molecule has 136 valence electrons. The zero-order valence-corrected chi connectivity index (χ0v) is 14.7. The summed E-state index contributed by atoms with van der Waals surface area (Å²) < 4.78 is 55.4. The van der Waals surface area contributed by atoms with Gasteiger partial charge in [-0.3, -0.25) is 4.98 Å². The van der Waals surface area contributed by atoms with Gasteiger partial charge in [-0.05, 0) is 24.6 Å². The molecule has 26 heavy (non-hydrogen) atoms. The van der Waals surface area contributed by atoms with Gasteiger partial charge in [0.05, 0.1) is 22.1 Å². The number of aromatic nitrogens is 3. The third-order valence-corrected chi connectivity index (χ3v) is 6.55. The Balaban J connectivity index is 1.64. The summed E-state index contributed by atoms with van der Waals surface area (Å²) in [6, 6.07) is 4.13. The van der Waals surface area contributed by atoms with E-state index in [9.17, 15) is 17.2 Å². The fraction of sp³-hybridized carbons (Fsp3) is 0.294. The number of pyridine rings is 1. The average molecular weight is 378 g/mol. The minimum Gasteiger partial charge on any atom is -0.330 e. The van der Waals surface area contributed by atoms with Crippen LogP contribution in [0.25, 0.3) is 11.0 Å². The maximum atomic E-state index is 13.4. The normalized spacial score (nSPS) is 18.7. The highest BCUT2D eigenvalue weighted by Gasteiger charge is 2.35. The van der Waals surface area contributed by atoms with Crippen LogP contribution in [0.4, 0.5) is 8.78 Å². The van der Waals surface area contributed by atoms with Crippen LogP contribution in [0, 0.1) is 11.6 Å². The lowest BCUT2D eigenvalue weighted by Crippen LogP contribution is -2.29. The molecule has 0 radical (unpaired) electrons. The van der Waals surface area contributed by atoms with Gasteiger partial charge in [-0.2, -0.15) is 4.31 Å². The summed E-state index contributed by atoms with van der Waals surface area (Å²) in [4.78, 5) is 8.31. The highest BCUT2D eigenvalue weighted by molar-refractivity contribution is 7.89. The van der Waals surface area contributed by atoms with E-state index < -0.39 is 21.7 Å². The predicted molar refractivity (Wildman–Crippen MR) is 91.0 cm³/mol. The Morgan fingerprint density at radius 1 is 1.19 bits per heavy atom. The first-order valence-corrected chi connectivity index (χ1v) is 9.53. The first-order valence-electron chi connectivity index (χ1n) is 8.09. The van der Waals surface area contributed by atoms with Crippen molar-refractivity contribution in [3.63, 3.8) is 0 Å². The molecule has 3 aromatic rings. The first-order chi connectivity index (χ1) is 12.4. The van der Waals surface area contributed by atoms with E-state index in [1.807, 2.05) is 11.6 Å². The molecule has 3 heterocycles. The second kappa shape index (κ2) is 6.10. The lowest BCUT2D eigenvalue weighted by atomic mass is 10.1. The topological polar surface area (TPSA) is 68.1 Å². The zero-order valence-electron chi connectivity index (χ0n) is 13.9. The number of imidazole rings is 1. The van der Waals surface area contributed by atoms with Crippen molar-refractivity contribution in [2.24, 2.45) is 7.05 Å². The molecule has 0 amide bonds. The minimum absolute atomic E-state index is 0.0967. The molecule has 2 aromatic heterocycles.